The van der Waals surface area contributed by atoms with Crippen LogP contribution in [0.4, 0.5) is 4.79 Å². The zero-order chi connectivity index (χ0) is 92.8. The zero-order valence-corrected chi connectivity index (χ0v) is 74.8. The summed E-state index contributed by atoms with van der Waals surface area (Å²) in [5.41, 5.74) is 0.925. The van der Waals surface area contributed by atoms with Gasteiger partial charge in [0.05, 0.1) is 123 Å². The number of thioether (sulfide) groups is 1. The molecule has 6 rings (SSSR count). The first-order valence-electron chi connectivity index (χ1n) is 37.3. The van der Waals surface area contributed by atoms with E-state index >= 15 is 0 Å². The van der Waals surface area contributed by atoms with Crippen molar-refractivity contribution in [1.82, 2.24) is 9.80 Å². The Labute approximate surface area is 731 Å². The lowest BCUT2D eigenvalue weighted by Gasteiger charge is -2.16. The molecule has 0 saturated carbocycles. The van der Waals surface area contributed by atoms with E-state index in [-0.39, 0.29) is 84.7 Å². The molecule has 0 heterocycles. The maximum atomic E-state index is 12.5. The fourth-order valence-electron chi connectivity index (χ4n) is 9.56. The predicted octanol–water partition coefficient (Wildman–Crippen LogP) is 16.4. The second-order valence-electron chi connectivity index (χ2n) is 25.9. The first kappa shape index (κ1) is 112. The first-order valence-corrected chi connectivity index (χ1v) is 40.0. The molecule has 0 fully saturated rings. The number of aliphatic hydroxyl groups excluding tert-OH is 1. The molecule has 0 spiro atoms. The van der Waals surface area contributed by atoms with E-state index in [4.69, 9.17) is 57.1 Å². The number of aromatic hydroxyl groups is 2. The van der Waals surface area contributed by atoms with Gasteiger partial charge >= 0.3 is 71.6 Å². The number of benzene rings is 6. The molecule has 31 nitrogen and oxygen atoms in total. The zero-order valence-electron chi connectivity index (χ0n) is 70.6. The van der Waals surface area contributed by atoms with Crippen LogP contribution < -0.4 is 4.74 Å². The number of aromatic carboxylic acids is 4. The maximum Gasteiger partial charge on any atom is 0.338 e. The van der Waals surface area contributed by atoms with Gasteiger partial charge in [-0.2, -0.15) is 0 Å². The molecule has 6 aromatic rings. The van der Waals surface area contributed by atoms with E-state index in [9.17, 15) is 67.4 Å². The van der Waals surface area contributed by atoms with Crippen LogP contribution in [0.5, 0.6) is 17.2 Å². The average molecular weight is 1790 g/mol. The molecule has 0 aliphatic heterocycles. The summed E-state index contributed by atoms with van der Waals surface area (Å²) in [7, 11) is 14.1. The van der Waals surface area contributed by atoms with Gasteiger partial charge in [-0.25, -0.2) is 57.5 Å². The van der Waals surface area contributed by atoms with Crippen LogP contribution in [0.2, 0.25) is 0 Å². The van der Waals surface area contributed by atoms with E-state index in [2.05, 4.69) is 113 Å². The van der Waals surface area contributed by atoms with Gasteiger partial charge in [0, 0.05) is 50.9 Å². The van der Waals surface area contributed by atoms with E-state index in [1.165, 1.54) is 134 Å². The molecule has 0 radical (unpaired) electrons. The number of thiol groups is 2. The molecule has 0 aliphatic carbocycles. The Morgan fingerprint density at radius 1 is 0.388 bits per heavy atom. The maximum absolute atomic E-state index is 12.5. The standard InChI is InChI=1S/C24H38O4S.2C13H15NO5S.C10H10O5.C8H6O5.C8H6O4S.C8H18O.CH2S.H2/c1-5-9-11-18(7-3)16-27-23(25)20-13-21(15-22(29)14-20)24(26)28-17-19(8-4)12-10-6-2;1-14(2)13(17)20-10-6-8(11(15)18-3)5-9(7-10)12(16)19-4;1-14(2)13(20)19-10-6-8(11(15)17-3)5-9(7-10)12(16)18-4;1-14-9(12)6-3-7(10(13)15-2)5-8(11)4-6;9-6-2-4(7(10)11)1-5(3-6)8(12)13;9-7(10)4-1-5(8(11)12)3-6(13)2-4;1-3-5-6-8(4-2)7-9;1-2;/h13-15,18-19,29H,5-12,16-17H2,1-4H3;2*5-7H,1-4H3;3-5,11H,1-2H3;1-3,9H,(H,10,11)(H,12,13);1-3,13H,(H,9,10)(H,11,12);8-9H,3-7H2,1-2H3;1H2;1H/i;;;;;;;;1+1. The van der Waals surface area contributed by atoms with Crippen LogP contribution >= 0.6 is 61.5 Å². The van der Waals surface area contributed by atoms with Crippen LogP contribution in [-0.2, 0) is 37.9 Å². The topological polar surface area (TPSA) is 453 Å². The number of phenols is 2. The predicted molar refractivity (Wildman–Crippen MR) is 469 cm³/mol. The molecular formula is C85H112N2O29S5. The van der Waals surface area contributed by atoms with Crippen LogP contribution in [0.3, 0.4) is 0 Å². The van der Waals surface area contributed by atoms with E-state index < -0.39 is 71.6 Å². The van der Waals surface area contributed by atoms with Gasteiger partial charge in [-0.1, -0.05) is 112 Å². The second-order valence-corrected chi connectivity index (χ2v) is 28.3. The Kier molecular flexibility index (Phi) is 57.3. The highest BCUT2D eigenvalue weighted by Gasteiger charge is 2.22. The van der Waals surface area contributed by atoms with Gasteiger partial charge < -0.3 is 88.2 Å². The molecule has 3 unspecified atom stereocenters. The quantitative estimate of drug-likeness (QED) is 0.00641. The molecule has 0 bridgehead atoms. The van der Waals surface area contributed by atoms with E-state index in [1.54, 1.807) is 51.3 Å². The number of esters is 8. The Hall–Kier alpha value is -11.2. The molecule has 0 aliphatic rings. The number of aliphatic hydroxyl groups is 1. The third-order valence-electron chi connectivity index (χ3n) is 16.4. The number of carboxylic acids is 4. The van der Waals surface area contributed by atoms with Crippen molar-refractivity contribution in [2.45, 2.75) is 133 Å². The van der Waals surface area contributed by atoms with Gasteiger partial charge in [-0.15, -0.1) is 25.3 Å². The molecule has 7 N–H and O–H groups in total. The Morgan fingerprint density at radius 3 is 0.893 bits per heavy atom. The second kappa shape index (κ2) is 62.0. The number of carbonyl (C=O) groups excluding carboxylic acids is 9. The average Bonchev–Trinajstić information content (AvgIpc) is 0.843. The monoisotopic (exact) mass is 1790 g/mol. The van der Waals surface area contributed by atoms with Crippen molar-refractivity contribution in [1.29, 1.82) is 0 Å². The van der Waals surface area contributed by atoms with Crippen LogP contribution in [-0.4, -0.2) is 224 Å². The summed E-state index contributed by atoms with van der Waals surface area (Å²) in [6.07, 6.45) is 13.4. The van der Waals surface area contributed by atoms with Crippen molar-refractivity contribution in [2.75, 3.05) is 90.7 Å². The summed E-state index contributed by atoms with van der Waals surface area (Å²) < 4.78 is 43.8. The SMILES string of the molecule is C=S.CCCCC(CC)CO.CCCCC(CC)COC(=O)c1cc(S)cc(C(=O)OCC(CC)CCCC)c1.COC(=O)c1cc(O)cc(C(=O)OC)c1.COC(=O)c1cc(OC(=S)N(C)C)cc(C(=O)OC)c1.COC(=O)c1cc(SC(=O)N(C)C)cc(C(=O)OC)c1.O=C(O)c1cc(O)cc(C(=O)O)c1.O=C(O)c1cc(S)cc(C(=O)O)c1.[2HH]. The van der Waals surface area contributed by atoms with Crippen molar-refractivity contribution in [2.24, 2.45) is 17.8 Å². The number of carbonyl (C=O) groups is 13. The first-order chi connectivity index (χ1) is 57.1. The number of hydrogen-bond acceptors (Lipinski definition) is 30. The molecular weight excluding hydrogens is 1670 g/mol. The molecule has 0 aromatic heterocycles. The van der Waals surface area contributed by atoms with Crippen molar-refractivity contribution < 1.29 is 142 Å². The lowest BCUT2D eigenvalue weighted by Crippen LogP contribution is -2.25. The van der Waals surface area contributed by atoms with Gasteiger partial charge in [0.25, 0.3) is 10.4 Å². The number of methoxy groups -OCH3 is 6. The summed E-state index contributed by atoms with van der Waals surface area (Å²) in [5, 5.41) is 61.2. The highest BCUT2D eigenvalue weighted by molar-refractivity contribution is 8.13. The number of thiocarbonyl (C=S) groups is 2. The van der Waals surface area contributed by atoms with Crippen molar-refractivity contribution in [3.05, 3.63) is 176 Å². The lowest BCUT2D eigenvalue weighted by molar-refractivity contribution is 0.0419. The summed E-state index contributed by atoms with van der Waals surface area (Å²) in [5.74, 6) is -5.52. The van der Waals surface area contributed by atoms with Crippen LogP contribution in [0.1, 0.15) is 244 Å². The number of ether oxygens (including phenoxy) is 9. The van der Waals surface area contributed by atoms with Crippen LogP contribution in [0.15, 0.2) is 124 Å². The van der Waals surface area contributed by atoms with Crippen molar-refractivity contribution >= 4 is 149 Å². The molecule has 36 heteroatoms. The Balaban J connectivity index is -0.00000138. The van der Waals surface area contributed by atoms with Crippen LogP contribution in [0.25, 0.3) is 0 Å². The number of unbranched alkanes of at least 4 members (excludes halogenated alkanes) is 3. The van der Waals surface area contributed by atoms with Gasteiger partial charge in [0.2, 0.25) is 0 Å². The minimum absolute atomic E-state index is 0. The molecule has 666 valence electrons. The minimum atomic E-state index is -1.28. The van der Waals surface area contributed by atoms with Gasteiger partial charge in [-0.05, 0) is 176 Å². The number of hydrogen-bond donors (Lipinski definition) is 9. The smallest absolute Gasteiger partial charge is 0.338 e. The molecule has 1 amide bonds. The summed E-state index contributed by atoms with van der Waals surface area (Å²) in [6.45, 7) is 14.0. The lowest BCUT2D eigenvalue weighted by atomic mass is 10.0. The summed E-state index contributed by atoms with van der Waals surface area (Å²) in [6, 6.07) is 23.7. The number of amides is 1. The minimum Gasteiger partial charge on any atom is -0.508 e. The van der Waals surface area contributed by atoms with Crippen LogP contribution in [0, 0.1) is 17.8 Å². The largest absolute Gasteiger partial charge is 0.508 e. The number of phenolic OH excluding ortho intramolecular Hbond substituents is 2. The van der Waals surface area contributed by atoms with Gasteiger partial charge in [-0.3, -0.25) is 4.79 Å². The van der Waals surface area contributed by atoms with Gasteiger partial charge in [0.15, 0.2) is 0 Å². The molecule has 121 heavy (non-hydrogen) atoms. The summed E-state index contributed by atoms with van der Waals surface area (Å²) in [4.78, 5) is 151. The fourth-order valence-corrected chi connectivity index (χ4v) is 11.0. The Morgan fingerprint density at radius 2 is 0.636 bits per heavy atom. The Bertz CT molecular complexity index is 4010. The third-order valence-corrected chi connectivity index (χ3v) is 18.4. The van der Waals surface area contributed by atoms with Gasteiger partial charge in [0.1, 0.15) is 17.2 Å². The highest BCUT2D eigenvalue weighted by Crippen LogP contribution is 2.27. The third kappa shape index (κ3) is 44.6. The molecule has 6 aromatic carbocycles. The van der Waals surface area contributed by atoms with E-state index in [0.29, 0.717) is 63.4 Å². The number of nitrogens with zero attached hydrogens (tertiary/aromatic N) is 2. The summed E-state index contributed by atoms with van der Waals surface area (Å²) >= 11 is 18.0. The van der Waals surface area contributed by atoms with Crippen molar-refractivity contribution in [3.8, 4) is 17.2 Å². The highest BCUT2D eigenvalue weighted by atomic mass is 32.2. The van der Waals surface area contributed by atoms with E-state index in [1.807, 2.05) is 0 Å². The fraction of sp³-hybridized carbons (Fsp3) is 0.400. The molecule has 3 atom stereocenters. The number of carboxylic acid groups (broad SMARTS) is 4. The van der Waals surface area contributed by atoms with Crippen molar-refractivity contribution in [3.63, 3.8) is 0 Å². The van der Waals surface area contributed by atoms with E-state index in [0.717, 1.165) is 93.8 Å². The normalized spacial score (nSPS) is 10.6. The molecule has 0 saturated heterocycles. The number of rotatable bonds is 31.